The molecule has 1 atom stereocenters. The van der Waals surface area contributed by atoms with Crippen LogP contribution < -0.4 is 10.2 Å². The molecule has 0 saturated heterocycles. The fourth-order valence-corrected chi connectivity index (χ4v) is 5.07. The molecule has 0 spiro atoms. The number of hydrogen-bond donors (Lipinski definition) is 1. The van der Waals surface area contributed by atoms with Crippen LogP contribution in [0.25, 0.3) is 0 Å². The number of tetrazole rings is 1. The number of aryl methyl sites for hydroxylation is 2. The normalized spacial score (nSPS) is 14.9. The molecule has 1 N–H and O–H groups in total. The van der Waals surface area contributed by atoms with Crippen LogP contribution in [0.5, 0.6) is 0 Å². The number of ether oxygens (including phenoxy) is 1. The van der Waals surface area contributed by atoms with Crippen molar-refractivity contribution >= 4 is 46.4 Å². The summed E-state index contributed by atoms with van der Waals surface area (Å²) in [6.45, 7) is 2.62. The van der Waals surface area contributed by atoms with Crippen molar-refractivity contribution in [3.8, 4) is 0 Å². The van der Waals surface area contributed by atoms with E-state index in [-0.39, 0.29) is 11.8 Å². The van der Waals surface area contributed by atoms with Crippen molar-refractivity contribution in [1.29, 1.82) is 0 Å². The van der Waals surface area contributed by atoms with Crippen LogP contribution in [0, 0.1) is 6.92 Å². The number of hydrogen-bond acceptors (Lipinski definition) is 6. The number of aromatic nitrogens is 4. The molecule has 1 aliphatic rings. The molecule has 0 saturated carbocycles. The smallest absolute Gasteiger partial charge is 0.260 e. The predicted octanol–water partition coefficient (Wildman–Crippen LogP) is 5.57. The summed E-state index contributed by atoms with van der Waals surface area (Å²) in [4.78, 5) is 28.5. The number of fused-ring (bicyclic) bond motifs is 1. The Hall–Kier alpha value is -3.79. The third-order valence-electron chi connectivity index (χ3n) is 6.56. The zero-order valence-corrected chi connectivity index (χ0v) is 22.7. The molecule has 0 aliphatic carbocycles. The van der Waals surface area contributed by atoms with Gasteiger partial charge in [-0.25, -0.2) is 4.68 Å². The highest BCUT2D eigenvalue weighted by Crippen LogP contribution is 2.34. The number of rotatable bonds is 7. The van der Waals surface area contributed by atoms with E-state index in [1.807, 2.05) is 19.1 Å². The highest BCUT2D eigenvalue weighted by Gasteiger charge is 2.32. The number of anilines is 2. The average molecular weight is 565 g/mol. The third kappa shape index (κ3) is 6.11. The monoisotopic (exact) mass is 564 g/mol. The van der Waals surface area contributed by atoms with E-state index in [1.54, 1.807) is 58.1 Å². The van der Waals surface area contributed by atoms with E-state index in [0.717, 1.165) is 24.1 Å². The predicted molar refractivity (Wildman–Crippen MR) is 149 cm³/mol. The van der Waals surface area contributed by atoms with E-state index in [1.165, 1.54) is 6.33 Å². The zero-order valence-electron chi connectivity index (χ0n) is 21.2. The van der Waals surface area contributed by atoms with Gasteiger partial charge in [0.2, 0.25) is 0 Å². The molecule has 5 rings (SSSR count). The van der Waals surface area contributed by atoms with Crippen LogP contribution in [-0.4, -0.2) is 44.9 Å². The van der Waals surface area contributed by atoms with Crippen molar-refractivity contribution in [3.63, 3.8) is 0 Å². The van der Waals surface area contributed by atoms with Crippen molar-refractivity contribution in [2.75, 3.05) is 16.8 Å². The molecule has 0 bridgehead atoms. The fraction of sp³-hybridized carbons (Fsp3) is 0.250. The van der Waals surface area contributed by atoms with Gasteiger partial charge < -0.3 is 10.1 Å². The SMILES string of the molecule is Cc1cc(NC(=O)c2ccccc2Cl)ccc1C(=O)N1c2ccc(Cl)cc2CCCC1OCCn1cnnn1. The minimum absolute atomic E-state index is 0.200. The lowest BCUT2D eigenvalue weighted by molar-refractivity contribution is 0.0358. The molecule has 2 heterocycles. The van der Waals surface area contributed by atoms with Crippen LogP contribution in [0.2, 0.25) is 10.0 Å². The largest absolute Gasteiger partial charge is 0.356 e. The van der Waals surface area contributed by atoms with Crippen LogP contribution >= 0.6 is 23.2 Å². The van der Waals surface area contributed by atoms with Crippen LogP contribution in [0.3, 0.4) is 0 Å². The molecule has 1 unspecified atom stereocenters. The fourth-order valence-electron chi connectivity index (χ4n) is 4.66. The van der Waals surface area contributed by atoms with Gasteiger partial charge in [-0.1, -0.05) is 35.3 Å². The molecule has 1 aromatic heterocycles. The molecular formula is C28H26Cl2N6O3. The van der Waals surface area contributed by atoms with E-state index >= 15 is 0 Å². The molecule has 1 aliphatic heterocycles. The second-order valence-corrected chi connectivity index (χ2v) is 10.0. The molecule has 9 nitrogen and oxygen atoms in total. The first-order valence-electron chi connectivity index (χ1n) is 12.5. The number of nitrogens with zero attached hydrogens (tertiary/aromatic N) is 5. The standard InChI is InChI=1S/C28H26Cl2N6O3/c1-18-15-21(32-27(37)23-6-2-3-7-24(23)30)10-11-22(18)28(38)36-25-12-9-20(29)16-19(25)5-4-8-26(36)39-14-13-35-17-31-33-34-35/h2-3,6-7,9-12,15-17,26H,4-5,8,13-14H2,1H3,(H,32,37). The Kier molecular flexibility index (Phi) is 8.21. The van der Waals surface area contributed by atoms with Gasteiger partial charge in [0.25, 0.3) is 11.8 Å². The van der Waals surface area contributed by atoms with Crippen molar-refractivity contribution in [1.82, 2.24) is 20.2 Å². The summed E-state index contributed by atoms with van der Waals surface area (Å²) >= 11 is 12.5. The van der Waals surface area contributed by atoms with Gasteiger partial charge >= 0.3 is 0 Å². The lowest BCUT2D eigenvalue weighted by atomic mass is 10.0. The second-order valence-electron chi connectivity index (χ2n) is 9.20. The highest BCUT2D eigenvalue weighted by atomic mass is 35.5. The van der Waals surface area contributed by atoms with E-state index in [9.17, 15) is 9.59 Å². The summed E-state index contributed by atoms with van der Waals surface area (Å²) in [6.07, 6.45) is 3.29. The van der Waals surface area contributed by atoms with Crippen molar-refractivity contribution in [2.45, 2.75) is 39.0 Å². The maximum absolute atomic E-state index is 14.1. The van der Waals surface area contributed by atoms with E-state index < -0.39 is 6.23 Å². The first kappa shape index (κ1) is 26.8. The zero-order chi connectivity index (χ0) is 27.4. The summed E-state index contributed by atoms with van der Waals surface area (Å²) in [5, 5.41) is 15.0. The van der Waals surface area contributed by atoms with E-state index in [0.29, 0.717) is 52.0 Å². The van der Waals surface area contributed by atoms with Crippen LogP contribution in [0.4, 0.5) is 11.4 Å². The molecule has 11 heteroatoms. The summed E-state index contributed by atoms with van der Waals surface area (Å²) in [5.41, 5.74) is 3.91. The number of nitrogens with one attached hydrogen (secondary N) is 1. The molecule has 0 radical (unpaired) electrons. The van der Waals surface area contributed by atoms with Gasteiger partial charge in [0.05, 0.1) is 23.7 Å². The van der Waals surface area contributed by atoms with Gasteiger partial charge in [0.15, 0.2) is 0 Å². The summed E-state index contributed by atoms with van der Waals surface area (Å²) in [7, 11) is 0. The molecule has 0 fully saturated rings. The van der Waals surface area contributed by atoms with Crippen LogP contribution in [-0.2, 0) is 17.7 Å². The Bertz CT molecular complexity index is 1490. The first-order valence-corrected chi connectivity index (χ1v) is 13.3. The van der Waals surface area contributed by atoms with Gasteiger partial charge in [-0.05, 0) is 96.3 Å². The Morgan fingerprint density at radius 2 is 1.92 bits per heavy atom. The van der Waals surface area contributed by atoms with E-state index in [4.69, 9.17) is 27.9 Å². The molecule has 4 aromatic rings. The molecule has 3 aromatic carbocycles. The Balaban J connectivity index is 1.40. The number of halogens is 2. The van der Waals surface area contributed by atoms with Gasteiger partial charge in [-0.3, -0.25) is 14.5 Å². The maximum Gasteiger partial charge on any atom is 0.260 e. The number of carbonyl (C=O) groups excluding carboxylic acids is 2. The van der Waals surface area contributed by atoms with Gasteiger partial charge in [-0.15, -0.1) is 5.10 Å². The lowest BCUT2D eigenvalue weighted by Gasteiger charge is -2.32. The van der Waals surface area contributed by atoms with Gasteiger partial charge in [0, 0.05) is 22.0 Å². The summed E-state index contributed by atoms with van der Waals surface area (Å²) < 4.78 is 7.82. The maximum atomic E-state index is 14.1. The topological polar surface area (TPSA) is 102 Å². The number of amides is 2. The van der Waals surface area contributed by atoms with E-state index in [2.05, 4.69) is 20.8 Å². The summed E-state index contributed by atoms with van der Waals surface area (Å²) in [5.74, 6) is -0.525. The van der Waals surface area contributed by atoms with Crippen LogP contribution in [0.1, 0.15) is 44.7 Å². The van der Waals surface area contributed by atoms with Crippen molar-refractivity contribution in [3.05, 3.63) is 99.3 Å². The van der Waals surface area contributed by atoms with Gasteiger partial charge in [0.1, 0.15) is 12.6 Å². The molecule has 2 amide bonds. The number of carbonyl (C=O) groups is 2. The Morgan fingerprint density at radius 3 is 2.69 bits per heavy atom. The average Bonchev–Trinajstić information content (AvgIpc) is 3.36. The Morgan fingerprint density at radius 1 is 1.08 bits per heavy atom. The van der Waals surface area contributed by atoms with Crippen LogP contribution in [0.15, 0.2) is 67.0 Å². The van der Waals surface area contributed by atoms with Crippen molar-refractivity contribution in [2.24, 2.45) is 0 Å². The molecule has 200 valence electrons. The summed E-state index contributed by atoms with van der Waals surface area (Å²) in [6, 6.07) is 17.6. The van der Waals surface area contributed by atoms with Gasteiger partial charge in [-0.2, -0.15) is 0 Å². The third-order valence-corrected chi connectivity index (χ3v) is 7.12. The molecule has 39 heavy (non-hydrogen) atoms. The minimum Gasteiger partial charge on any atom is -0.356 e. The van der Waals surface area contributed by atoms with Crippen molar-refractivity contribution < 1.29 is 14.3 Å². The molecular weight excluding hydrogens is 539 g/mol. The number of benzene rings is 3. The minimum atomic E-state index is -0.490. The first-order chi connectivity index (χ1) is 18.9. The highest BCUT2D eigenvalue weighted by molar-refractivity contribution is 6.34. The lowest BCUT2D eigenvalue weighted by Crippen LogP contribution is -2.42. The second kappa shape index (κ2) is 11.9. The Labute approximate surface area is 235 Å². The quantitative estimate of drug-likeness (QED) is 0.315.